The SMILES string of the molecule is C=C(C)/C=C/C(C)(C)CC[C@@H](C)C=O. The second-order valence-corrected chi connectivity index (χ2v) is 4.82. The van der Waals surface area contributed by atoms with Gasteiger partial charge in [0.1, 0.15) is 6.29 Å². The Labute approximate surface area is 87.9 Å². The van der Waals surface area contributed by atoms with Gasteiger partial charge in [0.15, 0.2) is 0 Å². The molecule has 0 heterocycles. The molecule has 0 N–H and O–H groups in total. The lowest BCUT2D eigenvalue weighted by Crippen LogP contribution is -2.10. The zero-order valence-corrected chi connectivity index (χ0v) is 9.84. The Morgan fingerprint density at radius 3 is 2.50 bits per heavy atom. The van der Waals surface area contributed by atoms with E-state index < -0.39 is 0 Å². The molecule has 1 heteroatoms. The molecule has 1 atom stereocenters. The maximum Gasteiger partial charge on any atom is 0.122 e. The zero-order valence-electron chi connectivity index (χ0n) is 9.84. The summed E-state index contributed by atoms with van der Waals surface area (Å²) in [5, 5.41) is 0. The Balaban J connectivity index is 4.06. The molecule has 0 bridgehead atoms. The van der Waals surface area contributed by atoms with E-state index >= 15 is 0 Å². The average molecular weight is 194 g/mol. The Bertz CT molecular complexity index is 223. The number of aldehydes is 1. The van der Waals surface area contributed by atoms with Crippen LogP contribution in [0.15, 0.2) is 24.3 Å². The summed E-state index contributed by atoms with van der Waals surface area (Å²) in [4.78, 5) is 10.5. The Morgan fingerprint density at radius 1 is 1.50 bits per heavy atom. The van der Waals surface area contributed by atoms with Gasteiger partial charge in [-0.15, -0.1) is 0 Å². The third kappa shape index (κ3) is 6.64. The molecule has 0 aromatic rings. The second kappa shape index (κ2) is 5.79. The summed E-state index contributed by atoms with van der Waals surface area (Å²) in [5.74, 6) is 0.174. The minimum absolute atomic E-state index is 0.163. The van der Waals surface area contributed by atoms with Crippen molar-refractivity contribution in [2.45, 2.75) is 40.5 Å². The highest BCUT2D eigenvalue weighted by atomic mass is 16.1. The molecule has 0 unspecified atom stereocenters. The van der Waals surface area contributed by atoms with Crippen LogP contribution in [0, 0.1) is 11.3 Å². The normalized spacial score (nSPS) is 14.3. The van der Waals surface area contributed by atoms with Crippen molar-refractivity contribution in [1.82, 2.24) is 0 Å². The molecule has 0 spiro atoms. The molecule has 0 rings (SSSR count). The van der Waals surface area contributed by atoms with Crippen molar-refractivity contribution < 1.29 is 4.79 Å². The highest BCUT2D eigenvalue weighted by Gasteiger charge is 2.14. The van der Waals surface area contributed by atoms with Crippen molar-refractivity contribution in [3.8, 4) is 0 Å². The number of allylic oxidation sites excluding steroid dienone is 3. The highest BCUT2D eigenvalue weighted by molar-refractivity contribution is 5.52. The lowest BCUT2D eigenvalue weighted by molar-refractivity contribution is -0.110. The largest absolute Gasteiger partial charge is 0.303 e. The van der Waals surface area contributed by atoms with Gasteiger partial charge in [-0.25, -0.2) is 0 Å². The number of carbonyl (C=O) groups excluding carboxylic acids is 1. The molecule has 80 valence electrons. The first-order chi connectivity index (χ1) is 6.37. The van der Waals surface area contributed by atoms with Gasteiger partial charge in [-0.05, 0) is 25.2 Å². The summed E-state index contributed by atoms with van der Waals surface area (Å²) in [5.41, 5.74) is 1.23. The first kappa shape index (κ1) is 13.2. The summed E-state index contributed by atoms with van der Waals surface area (Å²) in [7, 11) is 0. The number of rotatable bonds is 6. The van der Waals surface area contributed by atoms with Gasteiger partial charge < -0.3 is 4.79 Å². The van der Waals surface area contributed by atoms with Crippen LogP contribution in [0.2, 0.25) is 0 Å². The molecule has 0 aliphatic heterocycles. The van der Waals surface area contributed by atoms with Gasteiger partial charge in [0, 0.05) is 5.92 Å². The molecule has 0 saturated heterocycles. The summed E-state index contributed by atoms with van der Waals surface area (Å²) in [6, 6.07) is 0. The van der Waals surface area contributed by atoms with Crippen LogP contribution in [0.25, 0.3) is 0 Å². The fourth-order valence-electron chi connectivity index (χ4n) is 1.12. The van der Waals surface area contributed by atoms with Crippen molar-refractivity contribution >= 4 is 6.29 Å². The van der Waals surface area contributed by atoms with Gasteiger partial charge in [-0.2, -0.15) is 0 Å². The molecule has 0 aliphatic rings. The van der Waals surface area contributed by atoms with E-state index in [4.69, 9.17) is 0 Å². The van der Waals surface area contributed by atoms with E-state index in [0.29, 0.717) is 0 Å². The van der Waals surface area contributed by atoms with E-state index in [0.717, 1.165) is 24.7 Å². The van der Waals surface area contributed by atoms with Crippen molar-refractivity contribution in [1.29, 1.82) is 0 Å². The average Bonchev–Trinajstić information content (AvgIpc) is 2.11. The van der Waals surface area contributed by atoms with E-state index in [1.807, 2.05) is 19.9 Å². The van der Waals surface area contributed by atoms with E-state index in [9.17, 15) is 4.79 Å². The molecule has 0 saturated carbocycles. The predicted molar refractivity (Wildman–Crippen MR) is 62.2 cm³/mol. The van der Waals surface area contributed by atoms with Crippen molar-refractivity contribution in [2.75, 3.05) is 0 Å². The lowest BCUT2D eigenvalue weighted by Gasteiger charge is -2.20. The van der Waals surface area contributed by atoms with Crippen molar-refractivity contribution in [2.24, 2.45) is 11.3 Å². The zero-order chi connectivity index (χ0) is 11.2. The molecular weight excluding hydrogens is 172 g/mol. The molecule has 0 aromatic carbocycles. The van der Waals surface area contributed by atoms with E-state index in [2.05, 4.69) is 26.5 Å². The Hall–Kier alpha value is -0.850. The van der Waals surface area contributed by atoms with Gasteiger partial charge in [0.05, 0.1) is 0 Å². The third-order valence-electron chi connectivity index (χ3n) is 2.30. The van der Waals surface area contributed by atoms with Gasteiger partial charge in [-0.3, -0.25) is 0 Å². The van der Waals surface area contributed by atoms with Gasteiger partial charge >= 0.3 is 0 Å². The first-order valence-corrected chi connectivity index (χ1v) is 5.17. The van der Waals surface area contributed by atoms with Gasteiger partial charge in [0.2, 0.25) is 0 Å². The predicted octanol–water partition coefficient (Wildman–Crippen LogP) is 3.76. The minimum atomic E-state index is 0.163. The van der Waals surface area contributed by atoms with Crippen molar-refractivity contribution in [3.63, 3.8) is 0 Å². The molecule has 0 aromatic heterocycles. The summed E-state index contributed by atoms with van der Waals surface area (Å²) in [6.45, 7) is 12.1. The summed E-state index contributed by atoms with van der Waals surface area (Å²) >= 11 is 0. The van der Waals surface area contributed by atoms with E-state index in [-0.39, 0.29) is 11.3 Å². The van der Waals surface area contributed by atoms with E-state index in [1.54, 1.807) is 0 Å². The number of hydrogen-bond donors (Lipinski definition) is 0. The maximum absolute atomic E-state index is 10.5. The van der Waals surface area contributed by atoms with Crippen LogP contribution in [0.1, 0.15) is 40.5 Å². The number of hydrogen-bond acceptors (Lipinski definition) is 1. The first-order valence-electron chi connectivity index (χ1n) is 5.17. The van der Waals surface area contributed by atoms with Crippen LogP contribution in [-0.2, 0) is 4.79 Å². The number of carbonyl (C=O) groups is 1. The smallest absolute Gasteiger partial charge is 0.122 e. The fourth-order valence-corrected chi connectivity index (χ4v) is 1.12. The summed E-state index contributed by atoms with van der Waals surface area (Å²) < 4.78 is 0. The van der Waals surface area contributed by atoms with Crippen LogP contribution < -0.4 is 0 Å². The van der Waals surface area contributed by atoms with Crippen LogP contribution in [-0.4, -0.2) is 6.29 Å². The topological polar surface area (TPSA) is 17.1 Å². The van der Waals surface area contributed by atoms with Crippen molar-refractivity contribution in [3.05, 3.63) is 24.3 Å². The molecule has 0 aliphatic carbocycles. The third-order valence-corrected chi connectivity index (χ3v) is 2.30. The van der Waals surface area contributed by atoms with Crippen LogP contribution in [0.3, 0.4) is 0 Å². The molecule has 1 nitrogen and oxygen atoms in total. The molecular formula is C13H22O. The Morgan fingerprint density at radius 2 is 2.07 bits per heavy atom. The fraction of sp³-hybridized carbons (Fsp3) is 0.615. The molecule has 14 heavy (non-hydrogen) atoms. The van der Waals surface area contributed by atoms with E-state index in [1.165, 1.54) is 0 Å². The standard InChI is InChI=1S/C13H22O/c1-11(2)6-8-13(4,5)9-7-12(3)10-14/h6,8,10,12H,1,7,9H2,2-5H3/b8-6+/t12-/m1/s1. The van der Waals surface area contributed by atoms with Crippen LogP contribution >= 0.6 is 0 Å². The minimum Gasteiger partial charge on any atom is -0.303 e. The maximum atomic E-state index is 10.5. The Kier molecular flexibility index (Phi) is 5.44. The second-order valence-electron chi connectivity index (χ2n) is 4.82. The monoisotopic (exact) mass is 194 g/mol. The molecule has 0 amide bonds. The quantitative estimate of drug-likeness (QED) is 0.465. The molecule has 0 radical (unpaired) electrons. The van der Waals surface area contributed by atoms with Gasteiger partial charge in [0.25, 0.3) is 0 Å². The summed E-state index contributed by atoms with van der Waals surface area (Å²) in [6.07, 6.45) is 7.24. The molecule has 0 fully saturated rings. The van der Waals surface area contributed by atoms with Crippen LogP contribution in [0.4, 0.5) is 0 Å². The van der Waals surface area contributed by atoms with Gasteiger partial charge in [-0.1, -0.05) is 45.1 Å². The lowest BCUT2D eigenvalue weighted by atomic mass is 9.84. The highest BCUT2D eigenvalue weighted by Crippen LogP contribution is 2.26. The van der Waals surface area contributed by atoms with Crippen LogP contribution in [0.5, 0.6) is 0 Å².